The molecule has 13 heteroatoms. The number of furan rings is 1. The van der Waals surface area contributed by atoms with E-state index in [0.717, 1.165) is 17.8 Å². The highest BCUT2D eigenvalue weighted by Gasteiger charge is 2.33. The molecule has 0 spiro atoms. The molecule has 11 nitrogen and oxygen atoms in total. The Bertz CT molecular complexity index is 1050. The van der Waals surface area contributed by atoms with Crippen LogP contribution in [0.2, 0.25) is 0 Å². The number of amides is 3. The Morgan fingerprint density at radius 1 is 1.10 bits per heavy atom. The number of sulfonamides is 1. The van der Waals surface area contributed by atoms with Gasteiger partial charge < -0.3 is 15.1 Å². The summed E-state index contributed by atoms with van der Waals surface area (Å²) in [7, 11) is -3.91. The molecule has 2 fully saturated rings. The number of anilines is 1. The average Bonchev–Trinajstić information content (AvgIpc) is 3.45. The van der Waals surface area contributed by atoms with Crippen LogP contribution >= 0.6 is 11.3 Å². The molecule has 0 atom stereocenters. The molecule has 2 aromatic rings. The molecule has 168 valence electrons. The summed E-state index contributed by atoms with van der Waals surface area (Å²) in [5.74, 6) is -0.644. The number of carbonyl (C=O) groups is 2. The second-order valence-corrected chi connectivity index (χ2v) is 10.5. The zero-order valence-electron chi connectivity index (χ0n) is 16.8. The maximum Gasteiger partial charge on any atom is 0.323 e. The van der Waals surface area contributed by atoms with E-state index in [1.807, 2.05) is 0 Å². The maximum atomic E-state index is 12.7. The van der Waals surface area contributed by atoms with Crippen molar-refractivity contribution in [2.45, 2.75) is 43.1 Å². The fourth-order valence-electron chi connectivity index (χ4n) is 3.82. The van der Waals surface area contributed by atoms with Gasteiger partial charge in [-0.1, -0.05) is 30.6 Å². The van der Waals surface area contributed by atoms with Crippen molar-refractivity contribution in [3.8, 4) is 0 Å². The van der Waals surface area contributed by atoms with Crippen LogP contribution in [0.25, 0.3) is 0 Å². The molecule has 0 bridgehead atoms. The summed E-state index contributed by atoms with van der Waals surface area (Å²) in [5, 5.41) is 12.2. The first kappa shape index (κ1) is 21.7. The molecule has 1 saturated heterocycles. The zero-order valence-corrected chi connectivity index (χ0v) is 18.5. The van der Waals surface area contributed by atoms with Crippen LogP contribution in [0.1, 0.15) is 53.6 Å². The van der Waals surface area contributed by atoms with E-state index in [4.69, 9.17) is 10.2 Å². The number of carbonyl (C=O) groups excluding carboxylic acids is 2. The Kier molecular flexibility index (Phi) is 6.25. The molecule has 2 aliphatic rings. The first-order valence-electron chi connectivity index (χ1n) is 10.1. The van der Waals surface area contributed by atoms with Gasteiger partial charge in [0, 0.05) is 32.1 Å². The summed E-state index contributed by atoms with van der Waals surface area (Å²) in [6.07, 6.45) is 5.86. The minimum atomic E-state index is -3.91. The van der Waals surface area contributed by atoms with E-state index in [-0.39, 0.29) is 43.1 Å². The van der Waals surface area contributed by atoms with Gasteiger partial charge in [0.25, 0.3) is 15.9 Å². The van der Waals surface area contributed by atoms with Crippen LogP contribution in [0.15, 0.2) is 21.6 Å². The predicted octanol–water partition coefficient (Wildman–Crippen LogP) is 1.82. The standard InChI is InChI=1S/C18H24N6O5S2/c19-15(25)13-6-7-14(29-13)31(27,28)24-10-8-23(9-11-24)18(26)20-17-22-21-16(30-17)12-4-2-1-3-5-12/h6-7,12H,1-5,8-11H2,(H2,19,25)(H,20,22,26). The summed E-state index contributed by atoms with van der Waals surface area (Å²) in [6.45, 7) is 0.628. The van der Waals surface area contributed by atoms with Crippen LogP contribution in [-0.2, 0) is 10.0 Å². The van der Waals surface area contributed by atoms with Crippen molar-refractivity contribution in [1.82, 2.24) is 19.4 Å². The number of nitrogens with one attached hydrogen (secondary N) is 1. The highest BCUT2D eigenvalue weighted by atomic mass is 32.2. The lowest BCUT2D eigenvalue weighted by molar-refractivity contribution is 0.0968. The molecule has 3 heterocycles. The van der Waals surface area contributed by atoms with Crippen LogP contribution in [0.4, 0.5) is 9.93 Å². The van der Waals surface area contributed by atoms with Gasteiger partial charge in [0.1, 0.15) is 5.01 Å². The molecule has 0 unspecified atom stereocenters. The van der Waals surface area contributed by atoms with Gasteiger partial charge in [0.2, 0.25) is 10.2 Å². The first-order chi connectivity index (χ1) is 14.8. The molecule has 3 N–H and O–H groups in total. The van der Waals surface area contributed by atoms with Crippen molar-refractivity contribution in [3.05, 3.63) is 22.9 Å². The molecule has 31 heavy (non-hydrogen) atoms. The number of urea groups is 1. The molecule has 2 aromatic heterocycles. The monoisotopic (exact) mass is 468 g/mol. The summed E-state index contributed by atoms with van der Waals surface area (Å²) < 4.78 is 31.6. The van der Waals surface area contributed by atoms with Crippen LogP contribution < -0.4 is 11.1 Å². The molecule has 0 aromatic carbocycles. The fraction of sp³-hybridized carbons (Fsp3) is 0.556. The largest absolute Gasteiger partial charge is 0.438 e. The summed E-state index contributed by atoms with van der Waals surface area (Å²) in [4.78, 5) is 25.2. The van der Waals surface area contributed by atoms with E-state index in [1.54, 1.807) is 0 Å². The van der Waals surface area contributed by atoms with Crippen molar-refractivity contribution < 1.29 is 22.4 Å². The topological polar surface area (TPSA) is 152 Å². The fourth-order valence-corrected chi connectivity index (χ4v) is 6.06. The van der Waals surface area contributed by atoms with Crippen LogP contribution in [0.3, 0.4) is 0 Å². The van der Waals surface area contributed by atoms with Gasteiger partial charge in [-0.15, -0.1) is 10.2 Å². The Morgan fingerprint density at radius 3 is 2.45 bits per heavy atom. The molecule has 3 amide bonds. The second kappa shape index (κ2) is 8.93. The normalized spacial score (nSPS) is 18.8. The Morgan fingerprint density at radius 2 is 1.81 bits per heavy atom. The van der Waals surface area contributed by atoms with Gasteiger partial charge >= 0.3 is 6.03 Å². The number of nitrogens with two attached hydrogens (primary N) is 1. The summed E-state index contributed by atoms with van der Waals surface area (Å²) >= 11 is 1.40. The summed E-state index contributed by atoms with van der Waals surface area (Å²) in [6, 6.07) is 2.09. The van der Waals surface area contributed by atoms with Crippen LogP contribution in [0, 0.1) is 0 Å². The lowest BCUT2D eigenvalue weighted by Crippen LogP contribution is -2.51. The second-order valence-electron chi connectivity index (χ2n) is 7.58. The smallest absolute Gasteiger partial charge is 0.323 e. The van der Waals surface area contributed by atoms with E-state index < -0.39 is 15.9 Å². The van der Waals surface area contributed by atoms with E-state index in [9.17, 15) is 18.0 Å². The minimum Gasteiger partial charge on any atom is -0.438 e. The quantitative estimate of drug-likeness (QED) is 0.679. The SMILES string of the molecule is NC(=O)c1ccc(S(=O)(=O)N2CCN(C(=O)Nc3nnc(C4CCCCC4)s3)CC2)o1. The molecular formula is C18H24N6O5S2. The van der Waals surface area contributed by atoms with E-state index in [0.29, 0.717) is 11.0 Å². The van der Waals surface area contributed by atoms with E-state index in [1.165, 1.54) is 51.9 Å². The third kappa shape index (κ3) is 4.72. The van der Waals surface area contributed by atoms with Gasteiger partial charge in [-0.3, -0.25) is 10.1 Å². The van der Waals surface area contributed by atoms with Crippen LogP contribution in [-0.4, -0.2) is 65.9 Å². The molecule has 0 radical (unpaired) electrons. The highest BCUT2D eigenvalue weighted by molar-refractivity contribution is 7.89. The number of aromatic nitrogens is 2. The van der Waals surface area contributed by atoms with Crippen molar-refractivity contribution in [1.29, 1.82) is 0 Å². The Hall–Kier alpha value is -2.51. The number of hydrogen-bond acceptors (Lipinski definition) is 8. The predicted molar refractivity (Wildman–Crippen MR) is 112 cm³/mol. The zero-order chi connectivity index (χ0) is 22.0. The third-order valence-corrected chi connectivity index (χ3v) is 8.33. The third-order valence-electron chi connectivity index (χ3n) is 5.55. The molecule has 1 aliphatic heterocycles. The molecule has 4 rings (SSSR count). The van der Waals surface area contributed by atoms with Crippen LogP contribution in [0.5, 0.6) is 0 Å². The van der Waals surface area contributed by atoms with Crippen molar-refractivity contribution in [3.63, 3.8) is 0 Å². The molecule has 1 saturated carbocycles. The van der Waals surface area contributed by atoms with Gasteiger partial charge in [-0.2, -0.15) is 4.31 Å². The highest BCUT2D eigenvalue weighted by Crippen LogP contribution is 2.35. The number of piperazine rings is 1. The van der Waals surface area contributed by atoms with E-state index in [2.05, 4.69) is 15.5 Å². The lowest BCUT2D eigenvalue weighted by atomic mass is 9.90. The van der Waals surface area contributed by atoms with Gasteiger partial charge in [0.05, 0.1) is 0 Å². The average molecular weight is 469 g/mol. The van der Waals surface area contributed by atoms with E-state index >= 15 is 0 Å². The summed E-state index contributed by atoms with van der Waals surface area (Å²) in [5.41, 5.74) is 5.11. The first-order valence-corrected chi connectivity index (χ1v) is 12.4. The Labute approximate surface area is 183 Å². The molecule has 1 aliphatic carbocycles. The van der Waals surface area contributed by atoms with Gasteiger partial charge in [-0.05, 0) is 25.0 Å². The minimum absolute atomic E-state index is 0.103. The van der Waals surface area contributed by atoms with Crippen molar-refractivity contribution >= 4 is 38.4 Å². The number of primary amides is 1. The van der Waals surface area contributed by atoms with Gasteiger partial charge in [0.15, 0.2) is 5.76 Å². The Balaban J connectivity index is 1.32. The lowest BCUT2D eigenvalue weighted by Gasteiger charge is -2.33. The van der Waals surface area contributed by atoms with Gasteiger partial charge in [-0.25, -0.2) is 13.2 Å². The number of nitrogens with zero attached hydrogens (tertiary/aromatic N) is 4. The van der Waals surface area contributed by atoms with Crippen molar-refractivity contribution in [2.75, 3.05) is 31.5 Å². The number of rotatable bonds is 5. The number of hydrogen-bond donors (Lipinski definition) is 2. The maximum absolute atomic E-state index is 12.7. The molecular weight excluding hydrogens is 444 g/mol. The van der Waals surface area contributed by atoms with Crippen molar-refractivity contribution in [2.24, 2.45) is 5.73 Å².